The van der Waals surface area contributed by atoms with Crippen LogP contribution in [0.5, 0.6) is 0 Å². The lowest BCUT2D eigenvalue weighted by Gasteiger charge is -2.27. The van der Waals surface area contributed by atoms with E-state index in [1.54, 1.807) is 55.4 Å². The molecule has 11 nitrogen and oxygen atoms in total. The molecule has 4 amide bonds. The molecule has 0 aliphatic carbocycles. The molecule has 0 spiro atoms. The highest BCUT2D eigenvalue weighted by Gasteiger charge is 2.24. The van der Waals surface area contributed by atoms with E-state index in [1.165, 1.54) is 4.90 Å². The van der Waals surface area contributed by atoms with Gasteiger partial charge in [0.25, 0.3) is 0 Å². The lowest BCUT2D eigenvalue weighted by molar-refractivity contribution is -0.123. The Balaban J connectivity index is 4.68. The van der Waals surface area contributed by atoms with Crippen molar-refractivity contribution in [1.82, 2.24) is 20.9 Å². The summed E-state index contributed by atoms with van der Waals surface area (Å²) in [6.07, 6.45) is -0.883. The topological polar surface area (TPSA) is 135 Å². The van der Waals surface area contributed by atoms with Gasteiger partial charge < -0.3 is 35.1 Å². The van der Waals surface area contributed by atoms with E-state index < -0.39 is 35.5 Å². The third-order valence-electron chi connectivity index (χ3n) is 3.90. The zero-order valence-electron chi connectivity index (χ0n) is 21.3. The lowest BCUT2D eigenvalue weighted by atomic mass is 10.2. The van der Waals surface area contributed by atoms with Gasteiger partial charge in [-0.15, -0.1) is 0 Å². The van der Waals surface area contributed by atoms with Crippen molar-refractivity contribution < 1.29 is 33.4 Å². The van der Waals surface area contributed by atoms with Crippen LogP contribution >= 0.6 is 0 Å². The van der Waals surface area contributed by atoms with Crippen LogP contribution < -0.4 is 16.0 Å². The van der Waals surface area contributed by atoms with E-state index in [2.05, 4.69) is 16.0 Å². The fourth-order valence-electron chi connectivity index (χ4n) is 2.50. The molecule has 3 N–H and O–H groups in total. The third-order valence-corrected chi connectivity index (χ3v) is 3.90. The number of nitrogens with one attached hydrogen (secondary N) is 3. The van der Waals surface area contributed by atoms with Gasteiger partial charge in [0.05, 0.1) is 6.61 Å². The maximum atomic E-state index is 12.5. The summed E-state index contributed by atoms with van der Waals surface area (Å²) in [5, 5.41) is 7.88. The molecule has 0 aromatic rings. The largest absolute Gasteiger partial charge is 0.450 e. The first kappa shape index (κ1) is 30.3. The summed E-state index contributed by atoms with van der Waals surface area (Å²) in [6, 6.07) is -0.726. The predicted octanol–water partition coefficient (Wildman–Crippen LogP) is 2.78. The van der Waals surface area contributed by atoms with Crippen molar-refractivity contribution in [3.05, 3.63) is 0 Å². The molecule has 0 aliphatic heterocycles. The summed E-state index contributed by atoms with van der Waals surface area (Å²) in [4.78, 5) is 49.7. The highest BCUT2D eigenvalue weighted by atomic mass is 16.6. The number of carbonyl (C=O) groups is 4. The Hall–Kier alpha value is -2.72. The van der Waals surface area contributed by atoms with Crippen LogP contribution in [0.25, 0.3) is 0 Å². The quantitative estimate of drug-likeness (QED) is 0.309. The van der Waals surface area contributed by atoms with Gasteiger partial charge in [-0.05, 0) is 61.3 Å². The van der Waals surface area contributed by atoms with Crippen molar-refractivity contribution in [3.63, 3.8) is 0 Å². The number of rotatable bonds is 11. The normalized spacial score (nSPS) is 12.2. The number of hydrogen-bond acceptors (Lipinski definition) is 7. The van der Waals surface area contributed by atoms with Gasteiger partial charge in [0.2, 0.25) is 5.91 Å². The van der Waals surface area contributed by atoms with E-state index in [1.807, 2.05) is 0 Å². The molecule has 0 rings (SSSR count). The minimum atomic E-state index is -0.726. The number of carbonyl (C=O) groups excluding carboxylic acids is 4. The molecule has 0 aliphatic rings. The Bertz CT molecular complexity index is 642. The van der Waals surface area contributed by atoms with Gasteiger partial charge in [-0.25, -0.2) is 14.4 Å². The van der Waals surface area contributed by atoms with Crippen molar-refractivity contribution in [3.8, 4) is 0 Å². The van der Waals surface area contributed by atoms with Crippen LogP contribution in [0.3, 0.4) is 0 Å². The average Bonchev–Trinajstić information content (AvgIpc) is 2.65. The van der Waals surface area contributed by atoms with Crippen LogP contribution in [0.15, 0.2) is 0 Å². The fraction of sp³-hybridized carbons (Fsp3) is 0.818. The molecule has 0 heterocycles. The summed E-state index contributed by atoms with van der Waals surface area (Å²) in [6.45, 7) is 15.3. The minimum absolute atomic E-state index is 0.197. The second kappa shape index (κ2) is 14.4. The first-order valence-corrected chi connectivity index (χ1v) is 11.3. The number of amides is 4. The van der Waals surface area contributed by atoms with Gasteiger partial charge in [0, 0.05) is 26.2 Å². The van der Waals surface area contributed by atoms with Gasteiger partial charge in [-0.2, -0.15) is 0 Å². The van der Waals surface area contributed by atoms with Crippen LogP contribution in [-0.4, -0.2) is 79.1 Å². The highest BCUT2D eigenvalue weighted by molar-refractivity contribution is 5.85. The number of nitrogens with zero attached hydrogens (tertiary/aromatic N) is 1. The molecule has 0 saturated heterocycles. The molecule has 0 fully saturated rings. The Kier molecular flexibility index (Phi) is 13.2. The zero-order valence-corrected chi connectivity index (χ0v) is 21.3. The van der Waals surface area contributed by atoms with E-state index in [4.69, 9.17) is 14.2 Å². The molecular formula is C22H42N4O7. The van der Waals surface area contributed by atoms with E-state index in [0.29, 0.717) is 19.4 Å². The molecule has 0 saturated carbocycles. The fourth-order valence-corrected chi connectivity index (χ4v) is 2.50. The van der Waals surface area contributed by atoms with Gasteiger partial charge >= 0.3 is 18.3 Å². The smallest absolute Gasteiger partial charge is 0.410 e. The Morgan fingerprint density at radius 1 is 0.818 bits per heavy atom. The summed E-state index contributed by atoms with van der Waals surface area (Å²) < 4.78 is 15.4. The third kappa shape index (κ3) is 15.7. The van der Waals surface area contributed by atoms with Gasteiger partial charge in [0.15, 0.2) is 0 Å². The first-order chi connectivity index (χ1) is 15.2. The first-order valence-electron chi connectivity index (χ1n) is 11.3. The van der Waals surface area contributed by atoms with Crippen LogP contribution in [-0.2, 0) is 19.0 Å². The van der Waals surface area contributed by atoms with E-state index in [9.17, 15) is 19.2 Å². The van der Waals surface area contributed by atoms with Crippen molar-refractivity contribution in [1.29, 1.82) is 0 Å². The minimum Gasteiger partial charge on any atom is -0.450 e. The lowest BCUT2D eigenvalue weighted by Crippen LogP contribution is -2.48. The summed E-state index contributed by atoms with van der Waals surface area (Å²) >= 11 is 0. The van der Waals surface area contributed by atoms with Crippen LogP contribution in [0.2, 0.25) is 0 Å². The molecule has 0 bridgehead atoms. The molecule has 11 heteroatoms. The molecule has 192 valence electrons. The number of alkyl carbamates (subject to hydrolysis) is 2. The van der Waals surface area contributed by atoms with Crippen LogP contribution in [0, 0.1) is 0 Å². The maximum Gasteiger partial charge on any atom is 0.410 e. The average molecular weight is 475 g/mol. The van der Waals surface area contributed by atoms with Crippen molar-refractivity contribution in [2.24, 2.45) is 0 Å². The zero-order chi connectivity index (χ0) is 25.7. The van der Waals surface area contributed by atoms with Crippen LogP contribution in [0.4, 0.5) is 14.4 Å². The number of ether oxygens (including phenoxy) is 3. The Labute approximate surface area is 197 Å². The summed E-state index contributed by atoms with van der Waals surface area (Å²) in [5.74, 6) is -0.337. The summed E-state index contributed by atoms with van der Waals surface area (Å²) in [7, 11) is 0. The number of hydrogen-bond donors (Lipinski definition) is 3. The Morgan fingerprint density at radius 3 is 1.94 bits per heavy atom. The van der Waals surface area contributed by atoms with Gasteiger partial charge in [0.1, 0.15) is 17.2 Å². The predicted molar refractivity (Wildman–Crippen MR) is 124 cm³/mol. The summed E-state index contributed by atoms with van der Waals surface area (Å²) in [5.41, 5.74) is -1.33. The van der Waals surface area contributed by atoms with E-state index >= 15 is 0 Å². The SMILES string of the molecule is CCOC(=O)NCCN(CCCNC(=O)[C@H](CC)NC(=O)OC(C)(C)C)C(=O)OC(C)(C)C. The molecule has 0 unspecified atom stereocenters. The van der Waals surface area contributed by atoms with Crippen molar-refractivity contribution >= 4 is 24.2 Å². The molecular weight excluding hydrogens is 432 g/mol. The van der Waals surface area contributed by atoms with E-state index in [0.717, 1.165) is 0 Å². The van der Waals surface area contributed by atoms with E-state index in [-0.39, 0.29) is 32.1 Å². The molecule has 0 radical (unpaired) electrons. The highest BCUT2D eigenvalue weighted by Crippen LogP contribution is 2.10. The Morgan fingerprint density at radius 2 is 1.42 bits per heavy atom. The standard InChI is InChI=1S/C22H42N4O7/c1-9-16(25-19(29)32-21(3,4)5)17(27)23-12-11-14-26(20(30)33-22(6,7)8)15-13-24-18(28)31-10-2/h16H,9-15H2,1-8H3,(H,23,27)(H,24,28)(H,25,29)/t16-/m0/s1. The maximum absolute atomic E-state index is 12.5. The molecule has 1 atom stereocenters. The van der Waals surface area contributed by atoms with Crippen molar-refractivity contribution in [2.45, 2.75) is 85.5 Å². The van der Waals surface area contributed by atoms with Crippen molar-refractivity contribution in [2.75, 3.05) is 32.8 Å². The molecule has 0 aromatic heterocycles. The second-order valence-corrected chi connectivity index (χ2v) is 9.37. The van der Waals surface area contributed by atoms with Gasteiger partial charge in [-0.3, -0.25) is 4.79 Å². The second-order valence-electron chi connectivity index (χ2n) is 9.37. The van der Waals surface area contributed by atoms with Gasteiger partial charge in [-0.1, -0.05) is 6.92 Å². The van der Waals surface area contributed by atoms with Crippen LogP contribution in [0.1, 0.15) is 68.2 Å². The molecule has 0 aromatic carbocycles. The monoisotopic (exact) mass is 474 g/mol. The molecule has 33 heavy (non-hydrogen) atoms.